The molecule has 0 spiro atoms. The van der Waals surface area contributed by atoms with Crippen molar-refractivity contribution in [2.45, 2.75) is 13.1 Å². The number of rotatable bonds is 7. The molecule has 0 atom stereocenters. The van der Waals surface area contributed by atoms with Crippen molar-refractivity contribution in [2.75, 3.05) is 50.2 Å². The number of aryl methyl sites for hydroxylation is 1. The van der Waals surface area contributed by atoms with Crippen LogP contribution < -0.4 is 20.1 Å². The maximum absolute atomic E-state index is 13.1. The third-order valence-corrected chi connectivity index (χ3v) is 9.83. The highest BCUT2D eigenvalue weighted by Gasteiger charge is 2.40. The van der Waals surface area contributed by atoms with E-state index in [-0.39, 0.29) is 23.3 Å². The summed E-state index contributed by atoms with van der Waals surface area (Å²) in [6.45, 7) is 4.39. The van der Waals surface area contributed by atoms with Gasteiger partial charge in [-0.2, -0.15) is 23.4 Å². The van der Waals surface area contributed by atoms with Gasteiger partial charge in [-0.1, -0.05) is 18.2 Å². The number of para-hydroxylation sites is 3. The number of furan rings is 1. The normalized spacial score (nSPS) is 13.8. The third kappa shape index (κ3) is 7.90. The first-order valence-corrected chi connectivity index (χ1v) is 19.1. The monoisotopic (exact) mass is 849 g/mol. The van der Waals surface area contributed by atoms with E-state index in [1.54, 1.807) is 47.4 Å². The van der Waals surface area contributed by atoms with E-state index in [1.165, 1.54) is 19.3 Å². The number of nitrogens with one attached hydrogen (secondary N) is 6. The maximum atomic E-state index is 13.1. The molecule has 1 saturated heterocycles. The number of hydrogen-bond acceptors (Lipinski definition) is 11. The number of morpholine rings is 1. The van der Waals surface area contributed by atoms with Crippen LogP contribution in [0.25, 0.3) is 45.1 Å². The van der Waals surface area contributed by atoms with Crippen molar-refractivity contribution in [1.29, 1.82) is 0 Å². The van der Waals surface area contributed by atoms with E-state index in [9.17, 15) is 27.6 Å². The molecule has 0 saturated carbocycles. The predicted molar refractivity (Wildman–Crippen MR) is 216 cm³/mol. The number of anilines is 2. The summed E-state index contributed by atoms with van der Waals surface area (Å²) in [5.74, 6) is -0.885. The summed E-state index contributed by atoms with van der Waals surface area (Å²) in [6, 6.07) is 18.9. The molecule has 1 fully saturated rings. The molecule has 8 aromatic rings. The summed E-state index contributed by atoms with van der Waals surface area (Å²) in [5, 5.41) is 18.8. The molecular formula is C41H34F3N11O7. The number of hydrogen-bond donors (Lipinski definition) is 6. The minimum absolute atomic E-state index is 0.0165. The SMILES string of the molecule is Cc1cc(C(=O)Nc2cn[nH]c2-c2nc3ccccc3[nH]2)c(C(F)(F)F)o1.O=C(Nc1cn[nH]c1-c1nc2ccc(C(=O)N3CCOCC3)cc2[nH]1)c1cccc2c1OCCO2. The zero-order valence-corrected chi connectivity index (χ0v) is 32.5. The van der Waals surface area contributed by atoms with E-state index in [0.717, 1.165) is 11.6 Å². The number of benzene rings is 3. The Bertz CT molecular complexity index is 2930. The molecule has 2 aliphatic rings. The van der Waals surface area contributed by atoms with Crippen LogP contribution in [0.4, 0.5) is 24.5 Å². The van der Waals surface area contributed by atoms with E-state index in [2.05, 4.69) is 55.4 Å². The molecule has 0 radical (unpaired) electrons. The van der Waals surface area contributed by atoms with Gasteiger partial charge in [0.05, 0.1) is 70.2 Å². The van der Waals surface area contributed by atoms with Gasteiger partial charge < -0.3 is 44.1 Å². The standard InChI is InChI=1S/C24H22N6O5.C17H12F3N5O2/c31-23(15-2-1-3-19-21(15)35-11-10-34-19)28-18-13-25-29-20(18)22-26-16-5-4-14(12-17(16)27-22)24(32)30-6-8-33-9-7-30;1-8-6-9(14(27-8)17(18,19)20)16(26)24-12-7-21-25-13(12)15-22-10-4-2-3-5-11(10)23-15/h1-5,12-13H,6-11H2,(H,25,29)(H,26,27)(H,28,31);2-7H,1H3,(H,21,25)(H,22,23)(H,24,26). The number of imidazole rings is 2. The minimum Gasteiger partial charge on any atom is -0.486 e. The van der Waals surface area contributed by atoms with Gasteiger partial charge >= 0.3 is 6.18 Å². The van der Waals surface area contributed by atoms with Crippen LogP contribution in [0, 0.1) is 6.92 Å². The fourth-order valence-electron chi connectivity index (χ4n) is 6.93. The molecular weight excluding hydrogens is 816 g/mol. The molecule has 0 bridgehead atoms. The van der Waals surface area contributed by atoms with Crippen LogP contribution >= 0.6 is 0 Å². The first kappa shape index (κ1) is 39.5. The number of aromatic nitrogens is 8. The first-order chi connectivity index (χ1) is 30.0. The van der Waals surface area contributed by atoms with E-state index in [0.29, 0.717) is 107 Å². The van der Waals surface area contributed by atoms with Gasteiger partial charge in [0.2, 0.25) is 5.76 Å². The number of carbonyl (C=O) groups is 3. The molecule has 0 aliphatic carbocycles. The predicted octanol–water partition coefficient (Wildman–Crippen LogP) is 6.57. The van der Waals surface area contributed by atoms with Gasteiger partial charge in [-0.25, -0.2) is 9.97 Å². The number of halogens is 3. The van der Waals surface area contributed by atoms with Crippen LogP contribution in [0.3, 0.4) is 0 Å². The molecule has 316 valence electrons. The Morgan fingerprint density at radius 1 is 0.726 bits per heavy atom. The molecule has 7 heterocycles. The van der Waals surface area contributed by atoms with Gasteiger partial charge in [-0.15, -0.1) is 0 Å². The molecule has 0 unspecified atom stereocenters. The summed E-state index contributed by atoms with van der Waals surface area (Å²) in [5.41, 5.74) is 4.69. The fraction of sp³-hybridized carbons (Fsp3) is 0.195. The number of carbonyl (C=O) groups excluding carboxylic acids is 3. The summed E-state index contributed by atoms with van der Waals surface area (Å²) in [4.78, 5) is 55.3. The molecule has 21 heteroatoms. The zero-order chi connectivity index (χ0) is 43.0. The van der Waals surface area contributed by atoms with Gasteiger partial charge in [0.25, 0.3) is 17.7 Å². The van der Waals surface area contributed by atoms with Crippen molar-refractivity contribution in [3.63, 3.8) is 0 Å². The van der Waals surface area contributed by atoms with Crippen LogP contribution in [-0.4, -0.2) is 102 Å². The van der Waals surface area contributed by atoms with Crippen molar-refractivity contribution in [1.82, 2.24) is 45.2 Å². The number of aromatic amines is 4. The van der Waals surface area contributed by atoms with Crippen LogP contribution in [0.1, 0.15) is 42.6 Å². The fourth-order valence-corrected chi connectivity index (χ4v) is 6.93. The lowest BCUT2D eigenvalue weighted by Crippen LogP contribution is -2.40. The lowest BCUT2D eigenvalue weighted by molar-refractivity contribution is -0.153. The summed E-state index contributed by atoms with van der Waals surface area (Å²) < 4.78 is 60.4. The molecule has 3 aromatic carbocycles. The van der Waals surface area contributed by atoms with Crippen molar-refractivity contribution >= 4 is 51.2 Å². The Morgan fingerprint density at radius 3 is 2.06 bits per heavy atom. The molecule has 10 rings (SSSR count). The third-order valence-electron chi connectivity index (χ3n) is 9.83. The van der Waals surface area contributed by atoms with Crippen molar-refractivity contribution in [3.05, 3.63) is 107 Å². The number of nitrogens with zero attached hydrogens (tertiary/aromatic N) is 5. The van der Waals surface area contributed by atoms with E-state index < -0.39 is 23.4 Å². The van der Waals surface area contributed by atoms with Crippen LogP contribution in [0.5, 0.6) is 11.5 Å². The Balaban J connectivity index is 0.000000164. The van der Waals surface area contributed by atoms with Crippen molar-refractivity contribution in [2.24, 2.45) is 0 Å². The minimum atomic E-state index is -4.78. The van der Waals surface area contributed by atoms with E-state index in [1.807, 2.05) is 18.2 Å². The van der Waals surface area contributed by atoms with E-state index in [4.69, 9.17) is 14.2 Å². The zero-order valence-electron chi connectivity index (χ0n) is 32.5. The molecule has 62 heavy (non-hydrogen) atoms. The summed E-state index contributed by atoms with van der Waals surface area (Å²) in [7, 11) is 0. The Hall–Kier alpha value is -7.94. The summed E-state index contributed by atoms with van der Waals surface area (Å²) >= 11 is 0. The van der Waals surface area contributed by atoms with Crippen molar-refractivity contribution in [3.8, 4) is 34.5 Å². The van der Waals surface area contributed by atoms with Gasteiger partial charge in [0, 0.05) is 18.7 Å². The van der Waals surface area contributed by atoms with Crippen molar-refractivity contribution < 1.29 is 46.2 Å². The first-order valence-electron chi connectivity index (χ1n) is 19.1. The number of alkyl halides is 3. The van der Waals surface area contributed by atoms with E-state index >= 15 is 0 Å². The quantitative estimate of drug-likeness (QED) is 0.100. The largest absolute Gasteiger partial charge is 0.486 e. The molecule has 18 nitrogen and oxygen atoms in total. The summed E-state index contributed by atoms with van der Waals surface area (Å²) in [6.07, 6.45) is -1.97. The van der Waals surface area contributed by atoms with Crippen LogP contribution in [0.15, 0.2) is 83.5 Å². The molecule has 6 N–H and O–H groups in total. The second kappa shape index (κ2) is 16.3. The molecule has 2 aliphatic heterocycles. The highest BCUT2D eigenvalue weighted by atomic mass is 19.4. The Kier molecular flexibility index (Phi) is 10.4. The highest BCUT2D eigenvalue weighted by molar-refractivity contribution is 6.08. The average Bonchev–Trinajstić information content (AvgIpc) is 4.13. The Labute approximate surface area is 347 Å². The number of ether oxygens (including phenoxy) is 3. The average molecular weight is 850 g/mol. The maximum Gasteiger partial charge on any atom is 0.450 e. The number of H-pyrrole nitrogens is 4. The Morgan fingerprint density at radius 2 is 1.37 bits per heavy atom. The highest BCUT2D eigenvalue weighted by Crippen LogP contribution is 2.36. The van der Waals surface area contributed by atoms with Gasteiger partial charge in [-0.05, 0) is 55.5 Å². The second-order valence-corrected chi connectivity index (χ2v) is 14.0. The number of amides is 3. The van der Waals surface area contributed by atoms with Crippen LogP contribution in [0.2, 0.25) is 0 Å². The van der Waals surface area contributed by atoms with Gasteiger partial charge in [0.15, 0.2) is 23.1 Å². The second-order valence-electron chi connectivity index (χ2n) is 14.0. The van der Waals surface area contributed by atoms with Crippen LogP contribution in [-0.2, 0) is 10.9 Å². The molecule has 3 amide bonds. The number of fused-ring (bicyclic) bond motifs is 3. The topological polar surface area (TPSA) is 234 Å². The van der Waals surface area contributed by atoms with Gasteiger partial charge in [-0.3, -0.25) is 24.6 Å². The lowest BCUT2D eigenvalue weighted by Gasteiger charge is -2.26. The lowest BCUT2D eigenvalue weighted by atomic mass is 10.1. The smallest absolute Gasteiger partial charge is 0.450 e. The van der Waals surface area contributed by atoms with Gasteiger partial charge in [0.1, 0.15) is 30.4 Å². The molecule has 5 aromatic heterocycles.